The van der Waals surface area contributed by atoms with Crippen molar-refractivity contribution < 1.29 is 19.4 Å². The van der Waals surface area contributed by atoms with Crippen LogP contribution in [0.25, 0.3) is 0 Å². The number of methoxy groups -OCH3 is 1. The summed E-state index contributed by atoms with van der Waals surface area (Å²) in [5, 5.41) is 8.91. The summed E-state index contributed by atoms with van der Waals surface area (Å²) in [6.07, 6.45) is 1.74. The van der Waals surface area contributed by atoms with Gasteiger partial charge in [-0.2, -0.15) is 0 Å². The van der Waals surface area contributed by atoms with Crippen molar-refractivity contribution in [3.8, 4) is 5.75 Å². The van der Waals surface area contributed by atoms with Gasteiger partial charge in [0.15, 0.2) is 0 Å². The molecule has 1 saturated carbocycles. The number of ether oxygens (including phenoxy) is 1. The minimum Gasteiger partial charge on any atom is -0.496 e. The van der Waals surface area contributed by atoms with Gasteiger partial charge < -0.3 is 14.7 Å². The average Bonchev–Trinajstić information content (AvgIpc) is 3.19. The van der Waals surface area contributed by atoms with Crippen LogP contribution in [-0.4, -0.2) is 41.6 Å². The first-order valence-electron chi connectivity index (χ1n) is 6.20. The number of rotatable bonds is 5. The fourth-order valence-corrected chi connectivity index (χ4v) is 2.04. The minimum atomic E-state index is -0.994. The van der Waals surface area contributed by atoms with Crippen molar-refractivity contribution in [2.45, 2.75) is 25.8 Å². The highest BCUT2D eigenvalue weighted by Gasteiger charge is 2.35. The van der Waals surface area contributed by atoms with E-state index in [0.717, 1.165) is 18.4 Å². The molecule has 1 aliphatic rings. The number of carbonyl (C=O) groups excluding carboxylic acids is 1. The fourth-order valence-electron chi connectivity index (χ4n) is 2.04. The van der Waals surface area contributed by atoms with Crippen molar-refractivity contribution in [1.82, 2.24) is 4.90 Å². The molecule has 0 radical (unpaired) electrons. The predicted molar refractivity (Wildman–Crippen MR) is 69.4 cm³/mol. The molecule has 2 rings (SSSR count). The lowest BCUT2D eigenvalue weighted by Gasteiger charge is -2.21. The van der Waals surface area contributed by atoms with Gasteiger partial charge >= 0.3 is 5.97 Å². The first-order valence-corrected chi connectivity index (χ1v) is 6.20. The number of carboxylic acids is 1. The third kappa shape index (κ3) is 3.05. The Morgan fingerprint density at radius 2 is 2.11 bits per heavy atom. The molecule has 5 nitrogen and oxygen atoms in total. The Balaban J connectivity index is 2.30. The lowest BCUT2D eigenvalue weighted by atomic mass is 10.1. The molecule has 19 heavy (non-hydrogen) atoms. The molecule has 1 aromatic rings. The van der Waals surface area contributed by atoms with Crippen LogP contribution in [0.5, 0.6) is 5.75 Å². The van der Waals surface area contributed by atoms with Crippen molar-refractivity contribution in [2.24, 2.45) is 0 Å². The number of aryl methyl sites for hydroxylation is 1. The van der Waals surface area contributed by atoms with Gasteiger partial charge in [-0.1, -0.05) is 11.6 Å². The lowest BCUT2D eigenvalue weighted by Crippen LogP contribution is -2.37. The standard InChI is InChI=1S/C14H17NO4/c1-9-3-6-12(19-2)11(7-9)14(18)15(8-13(16)17)10-4-5-10/h3,6-7,10H,4-5,8H2,1-2H3,(H,16,17). The van der Waals surface area contributed by atoms with Crippen LogP contribution in [-0.2, 0) is 4.79 Å². The van der Waals surface area contributed by atoms with E-state index in [1.807, 2.05) is 13.0 Å². The Morgan fingerprint density at radius 3 is 2.63 bits per heavy atom. The molecule has 0 spiro atoms. The molecule has 0 aromatic heterocycles. The summed E-state index contributed by atoms with van der Waals surface area (Å²) in [5.74, 6) is -0.788. The van der Waals surface area contributed by atoms with E-state index in [2.05, 4.69) is 0 Å². The van der Waals surface area contributed by atoms with Crippen molar-refractivity contribution in [3.05, 3.63) is 29.3 Å². The Kier molecular flexibility index (Phi) is 3.74. The van der Waals surface area contributed by atoms with Crippen LogP contribution >= 0.6 is 0 Å². The van der Waals surface area contributed by atoms with E-state index < -0.39 is 5.97 Å². The maximum absolute atomic E-state index is 12.5. The van der Waals surface area contributed by atoms with Gasteiger partial charge in [0.25, 0.3) is 5.91 Å². The van der Waals surface area contributed by atoms with Crippen LogP contribution in [0.15, 0.2) is 18.2 Å². The van der Waals surface area contributed by atoms with E-state index >= 15 is 0 Å². The van der Waals surface area contributed by atoms with Gasteiger partial charge in [0.05, 0.1) is 12.7 Å². The van der Waals surface area contributed by atoms with E-state index in [1.54, 1.807) is 12.1 Å². The van der Waals surface area contributed by atoms with Crippen LogP contribution < -0.4 is 4.74 Å². The number of carboxylic acid groups (broad SMARTS) is 1. The van der Waals surface area contributed by atoms with Crippen molar-refractivity contribution in [2.75, 3.05) is 13.7 Å². The minimum absolute atomic E-state index is 0.0498. The van der Waals surface area contributed by atoms with Crippen molar-refractivity contribution in [1.29, 1.82) is 0 Å². The number of carbonyl (C=O) groups is 2. The van der Waals surface area contributed by atoms with Crippen molar-refractivity contribution in [3.63, 3.8) is 0 Å². The SMILES string of the molecule is COc1ccc(C)cc1C(=O)N(CC(=O)O)C1CC1. The molecule has 0 saturated heterocycles. The Labute approximate surface area is 111 Å². The summed E-state index contributed by atoms with van der Waals surface area (Å²) < 4.78 is 5.18. The Morgan fingerprint density at radius 1 is 1.42 bits per heavy atom. The Bertz CT molecular complexity index is 508. The molecule has 1 fully saturated rings. The molecule has 1 aromatic carbocycles. The molecule has 1 aliphatic carbocycles. The number of amides is 1. The molecule has 0 unspecified atom stereocenters. The molecule has 5 heteroatoms. The molecule has 1 N–H and O–H groups in total. The molecular formula is C14H17NO4. The van der Waals surface area contributed by atoms with E-state index in [9.17, 15) is 9.59 Å². The normalized spacial score (nSPS) is 14.0. The zero-order valence-electron chi connectivity index (χ0n) is 11.0. The smallest absolute Gasteiger partial charge is 0.323 e. The van der Waals surface area contributed by atoms with Crippen LogP contribution in [0, 0.1) is 6.92 Å². The zero-order valence-corrected chi connectivity index (χ0v) is 11.0. The summed E-state index contributed by atoms with van der Waals surface area (Å²) >= 11 is 0. The zero-order chi connectivity index (χ0) is 14.0. The third-order valence-electron chi connectivity index (χ3n) is 3.14. The second kappa shape index (κ2) is 5.30. The van der Waals surface area contributed by atoms with Crippen LogP contribution in [0.3, 0.4) is 0 Å². The van der Waals surface area contributed by atoms with Crippen LogP contribution in [0.1, 0.15) is 28.8 Å². The van der Waals surface area contributed by atoms with E-state index in [1.165, 1.54) is 12.0 Å². The molecular weight excluding hydrogens is 246 g/mol. The van der Waals surface area contributed by atoms with Gasteiger partial charge in [-0.05, 0) is 31.9 Å². The van der Waals surface area contributed by atoms with Crippen LogP contribution in [0.2, 0.25) is 0 Å². The van der Waals surface area contributed by atoms with Gasteiger partial charge in [0.1, 0.15) is 12.3 Å². The first kappa shape index (κ1) is 13.4. The number of benzene rings is 1. The topological polar surface area (TPSA) is 66.8 Å². The number of hydrogen-bond donors (Lipinski definition) is 1. The third-order valence-corrected chi connectivity index (χ3v) is 3.14. The maximum Gasteiger partial charge on any atom is 0.323 e. The summed E-state index contributed by atoms with van der Waals surface area (Å²) in [4.78, 5) is 24.8. The monoisotopic (exact) mass is 263 g/mol. The van der Waals surface area contributed by atoms with Gasteiger partial charge in [-0.25, -0.2) is 0 Å². The quantitative estimate of drug-likeness (QED) is 0.878. The first-order chi connectivity index (χ1) is 9.02. The van der Waals surface area contributed by atoms with Gasteiger partial charge in [-0.15, -0.1) is 0 Å². The molecule has 1 amide bonds. The molecule has 0 bridgehead atoms. The molecule has 0 atom stereocenters. The number of nitrogens with zero attached hydrogens (tertiary/aromatic N) is 1. The van der Waals surface area contributed by atoms with Gasteiger partial charge in [0, 0.05) is 6.04 Å². The number of hydrogen-bond acceptors (Lipinski definition) is 3. The number of aliphatic carboxylic acids is 1. The lowest BCUT2D eigenvalue weighted by molar-refractivity contribution is -0.137. The average molecular weight is 263 g/mol. The molecule has 102 valence electrons. The summed E-state index contributed by atoms with van der Waals surface area (Å²) in [7, 11) is 1.50. The highest BCUT2D eigenvalue weighted by molar-refractivity contribution is 5.98. The highest BCUT2D eigenvalue weighted by Crippen LogP contribution is 2.30. The van der Waals surface area contributed by atoms with E-state index in [4.69, 9.17) is 9.84 Å². The summed E-state index contributed by atoms with van der Waals surface area (Å²) in [6, 6.07) is 5.37. The molecule has 0 heterocycles. The fraction of sp³-hybridized carbons (Fsp3) is 0.429. The van der Waals surface area contributed by atoms with E-state index in [0.29, 0.717) is 11.3 Å². The Hall–Kier alpha value is -2.04. The van der Waals surface area contributed by atoms with Gasteiger partial charge in [0.2, 0.25) is 0 Å². The summed E-state index contributed by atoms with van der Waals surface area (Å²) in [6.45, 7) is 1.62. The second-order valence-corrected chi connectivity index (χ2v) is 4.76. The molecule has 0 aliphatic heterocycles. The highest BCUT2D eigenvalue weighted by atomic mass is 16.5. The largest absolute Gasteiger partial charge is 0.496 e. The predicted octanol–water partition coefficient (Wildman–Crippen LogP) is 1.69. The van der Waals surface area contributed by atoms with E-state index in [-0.39, 0.29) is 18.5 Å². The van der Waals surface area contributed by atoms with Crippen molar-refractivity contribution >= 4 is 11.9 Å². The second-order valence-electron chi connectivity index (χ2n) is 4.76. The maximum atomic E-state index is 12.5. The van der Waals surface area contributed by atoms with Gasteiger partial charge in [-0.3, -0.25) is 9.59 Å². The summed E-state index contributed by atoms with van der Waals surface area (Å²) in [5.41, 5.74) is 1.37. The van der Waals surface area contributed by atoms with Crippen LogP contribution in [0.4, 0.5) is 0 Å².